The fourth-order valence-corrected chi connectivity index (χ4v) is 6.80. The standard InChI is InChI=1S/C27H36N2O4/c1-17-5-4-6-20-15-23-24(25(31)27(17,20)3)22(26(32)33-23)16-28-11-13-29(14-12-28)21-9-7-19(8-10-21)18(2)30/h6-10,17,22-25,31H,4-5,11-16H2,1-3H3/p+1/t17-,22-,23+,24+,25+,27+/m0/s1. The van der Waals surface area contributed by atoms with E-state index in [1.807, 2.05) is 24.3 Å². The van der Waals surface area contributed by atoms with E-state index in [4.69, 9.17) is 4.74 Å². The summed E-state index contributed by atoms with van der Waals surface area (Å²) in [5.74, 6) is 0.0460. The lowest BCUT2D eigenvalue weighted by Crippen LogP contribution is -3.15. The number of piperazine rings is 1. The number of benzene rings is 1. The molecule has 0 bridgehead atoms. The Morgan fingerprint density at radius 3 is 2.61 bits per heavy atom. The summed E-state index contributed by atoms with van der Waals surface area (Å²) < 4.78 is 5.85. The highest BCUT2D eigenvalue weighted by molar-refractivity contribution is 5.94. The Bertz CT molecular complexity index is 949. The highest BCUT2D eigenvalue weighted by Gasteiger charge is 2.60. The maximum Gasteiger partial charge on any atom is 0.315 e. The normalized spacial score (nSPS) is 36.6. The molecule has 2 aliphatic carbocycles. The summed E-state index contributed by atoms with van der Waals surface area (Å²) in [6.45, 7) is 10.5. The number of aliphatic hydroxyl groups excluding tert-OH is 1. The molecular formula is C27H37N2O4+. The van der Waals surface area contributed by atoms with Crippen molar-refractivity contribution in [3.63, 3.8) is 0 Å². The first-order valence-corrected chi connectivity index (χ1v) is 12.6. The third-order valence-electron chi connectivity index (χ3n) is 9.19. The number of Topliss-reactive ketones (excluding diaryl/α,β-unsaturated/α-hetero) is 1. The molecule has 2 aliphatic heterocycles. The number of nitrogens with zero attached hydrogens (tertiary/aromatic N) is 1. The Morgan fingerprint density at radius 1 is 1.24 bits per heavy atom. The number of fused-ring (bicyclic) bond motifs is 2. The van der Waals surface area contributed by atoms with Gasteiger partial charge < -0.3 is 19.6 Å². The highest BCUT2D eigenvalue weighted by atomic mass is 16.6. The zero-order valence-corrected chi connectivity index (χ0v) is 20.0. The molecular weight excluding hydrogens is 416 g/mol. The first-order valence-electron chi connectivity index (χ1n) is 12.6. The van der Waals surface area contributed by atoms with E-state index in [-0.39, 0.29) is 35.1 Å². The number of carbonyl (C=O) groups is 2. The minimum absolute atomic E-state index is 0.0848. The van der Waals surface area contributed by atoms with E-state index in [0.717, 1.165) is 63.2 Å². The van der Waals surface area contributed by atoms with Gasteiger partial charge in [-0.2, -0.15) is 0 Å². The number of carbonyl (C=O) groups excluding carboxylic acids is 2. The van der Waals surface area contributed by atoms with Crippen molar-refractivity contribution in [2.45, 2.75) is 52.2 Å². The number of hydrogen-bond acceptors (Lipinski definition) is 5. The van der Waals surface area contributed by atoms with Crippen LogP contribution in [0.25, 0.3) is 0 Å². The van der Waals surface area contributed by atoms with Gasteiger partial charge in [0, 0.05) is 29.0 Å². The molecule has 6 atom stereocenters. The smallest absolute Gasteiger partial charge is 0.315 e. The lowest BCUT2D eigenvalue weighted by Gasteiger charge is -2.51. The summed E-state index contributed by atoms with van der Waals surface area (Å²) in [7, 11) is 0. The Hall–Kier alpha value is -2.18. The molecule has 33 heavy (non-hydrogen) atoms. The summed E-state index contributed by atoms with van der Waals surface area (Å²) >= 11 is 0. The molecule has 4 aliphatic rings. The molecule has 2 saturated heterocycles. The van der Waals surface area contributed by atoms with Gasteiger partial charge >= 0.3 is 5.97 Å². The second kappa shape index (κ2) is 8.55. The van der Waals surface area contributed by atoms with E-state index in [1.165, 1.54) is 10.5 Å². The van der Waals surface area contributed by atoms with Crippen LogP contribution in [0.15, 0.2) is 35.9 Å². The number of aliphatic hydroxyl groups is 1. The van der Waals surface area contributed by atoms with Crippen LogP contribution in [0.1, 0.15) is 50.4 Å². The third-order valence-corrected chi connectivity index (χ3v) is 9.19. The number of ketones is 1. The number of nitrogens with one attached hydrogen (secondary N) is 1. The number of anilines is 1. The van der Waals surface area contributed by atoms with Crippen LogP contribution < -0.4 is 9.80 Å². The third kappa shape index (κ3) is 3.81. The van der Waals surface area contributed by atoms with Gasteiger partial charge in [0.15, 0.2) is 5.78 Å². The van der Waals surface area contributed by atoms with Gasteiger partial charge in [0.2, 0.25) is 0 Å². The minimum Gasteiger partial charge on any atom is -0.461 e. The van der Waals surface area contributed by atoms with E-state index in [0.29, 0.717) is 5.92 Å². The van der Waals surface area contributed by atoms with E-state index in [9.17, 15) is 14.7 Å². The van der Waals surface area contributed by atoms with Crippen LogP contribution in [0.3, 0.4) is 0 Å². The fraction of sp³-hybridized carbons (Fsp3) is 0.630. The number of ether oxygens (including phenoxy) is 1. The van der Waals surface area contributed by atoms with Crippen molar-refractivity contribution in [1.82, 2.24) is 0 Å². The van der Waals surface area contributed by atoms with Crippen molar-refractivity contribution >= 4 is 17.4 Å². The molecule has 0 amide bonds. The van der Waals surface area contributed by atoms with Crippen molar-refractivity contribution in [1.29, 1.82) is 0 Å². The molecule has 2 heterocycles. The van der Waals surface area contributed by atoms with Gasteiger partial charge in [-0.25, -0.2) is 0 Å². The average molecular weight is 454 g/mol. The Kier molecular flexibility index (Phi) is 5.86. The molecule has 1 aromatic carbocycles. The van der Waals surface area contributed by atoms with Crippen LogP contribution >= 0.6 is 0 Å². The Balaban J connectivity index is 1.25. The summed E-state index contributed by atoms with van der Waals surface area (Å²) in [4.78, 5) is 28.2. The fourth-order valence-electron chi connectivity index (χ4n) is 6.80. The summed E-state index contributed by atoms with van der Waals surface area (Å²) in [5, 5.41) is 11.6. The largest absolute Gasteiger partial charge is 0.461 e. The number of rotatable bonds is 4. The lowest BCUT2D eigenvalue weighted by molar-refractivity contribution is -0.903. The predicted molar refractivity (Wildman–Crippen MR) is 126 cm³/mol. The monoisotopic (exact) mass is 453 g/mol. The average Bonchev–Trinajstić information content (AvgIpc) is 3.11. The zero-order chi connectivity index (χ0) is 23.3. The van der Waals surface area contributed by atoms with Crippen molar-refractivity contribution in [3.05, 3.63) is 41.5 Å². The van der Waals surface area contributed by atoms with Gasteiger partial charge in [0.1, 0.15) is 12.0 Å². The van der Waals surface area contributed by atoms with Crippen LogP contribution in [0.2, 0.25) is 0 Å². The first kappa shape index (κ1) is 22.6. The van der Waals surface area contributed by atoms with Crippen LogP contribution in [0, 0.1) is 23.2 Å². The van der Waals surface area contributed by atoms with Crippen molar-refractivity contribution in [3.8, 4) is 0 Å². The van der Waals surface area contributed by atoms with Gasteiger partial charge in [-0.3, -0.25) is 9.59 Å². The molecule has 0 spiro atoms. The van der Waals surface area contributed by atoms with E-state index in [1.54, 1.807) is 6.92 Å². The molecule has 6 heteroatoms. The summed E-state index contributed by atoms with van der Waals surface area (Å²) in [6.07, 6.45) is 4.50. The number of esters is 1. The van der Waals surface area contributed by atoms with Gasteiger partial charge in [-0.1, -0.05) is 25.5 Å². The van der Waals surface area contributed by atoms with Gasteiger partial charge in [0.25, 0.3) is 0 Å². The predicted octanol–water partition coefficient (Wildman–Crippen LogP) is 1.88. The van der Waals surface area contributed by atoms with E-state index in [2.05, 4.69) is 24.8 Å². The zero-order valence-electron chi connectivity index (χ0n) is 20.0. The Morgan fingerprint density at radius 2 is 1.94 bits per heavy atom. The van der Waals surface area contributed by atoms with Crippen LogP contribution in [0.5, 0.6) is 0 Å². The van der Waals surface area contributed by atoms with Crippen LogP contribution in [-0.4, -0.2) is 61.8 Å². The van der Waals surface area contributed by atoms with E-state index >= 15 is 0 Å². The summed E-state index contributed by atoms with van der Waals surface area (Å²) in [5.41, 5.74) is 2.93. The van der Waals surface area contributed by atoms with Crippen LogP contribution in [0.4, 0.5) is 5.69 Å². The minimum atomic E-state index is -0.533. The van der Waals surface area contributed by atoms with Crippen LogP contribution in [-0.2, 0) is 9.53 Å². The number of allylic oxidation sites excluding steroid dienone is 1. The molecule has 5 rings (SSSR count). The molecule has 0 aromatic heterocycles. The Labute approximate surface area is 196 Å². The number of quaternary nitrogens is 1. The molecule has 3 fully saturated rings. The van der Waals surface area contributed by atoms with Gasteiger partial charge in [-0.15, -0.1) is 0 Å². The van der Waals surface area contributed by atoms with Crippen molar-refractivity contribution < 1.29 is 24.3 Å². The molecule has 6 nitrogen and oxygen atoms in total. The molecule has 2 N–H and O–H groups in total. The summed E-state index contributed by atoms with van der Waals surface area (Å²) in [6, 6.07) is 7.84. The molecule has 1 aromatic rings. The molecule has 1 saturated carbocycles. The second-order valence-corrected chi connectivity index (χ2v) is 10.8. The maximum atomic E-state index is 12.9. The quantitative estimate of drug-likeness (QED) is 0.414. The highest BCUT2D eigenvalue weighted by Crippen LogP contribution is 2.55. The van der Waals surface area contributed by atoms with Crippen molar-refractivity contribution in [2.24, 2.45) is 23.2 Å². The van der Waals surface area contributed by atoms with Gasteiger partial charge in [0.05, 0.1) is 38.8 Å². The van der Waals surface area contributed by atoms with E-state index < -0.39 is 6.10 Å². The maximum absolute atomic E-state index is 12.9. The topological polar surface area (TPSA) is 71.3 Å². The molecule has 0 unspecified atom stereocenters. The van der Waals surface area contributed by atoms with Crippen molar-refractivity contribution in [2.75, 3.05) is 37.6 Å². The van der Waals surface area contributed by atoms with Gasteiger partial charge in [-0.05, 0) is 49.9 Å². The SMILES string of the molecule is CC(=O)c1ccc(N2CC[NH+](C[C@@H]3C(=O)O[C@@H]4CC5=CCC[C@H](C)[C@@]5(C)[C@H](O)[C@H]34)CC2)cc1. The molecule has 0 radical (unpaired) electrons. The second-order valence-electron chi connectivity index (χ2n) is 10.8. The lowest BCUT2D eigenvalue weighted by atomic mass is 9.55. The number of hydrogen-bond donors (Lipinski definition) is 2. The molecule has 178 valence electrons. The first-order chi connectivity index (χ1) is 15.8.